The van der Waals surface area contributed by atoms with Gasteiger partial charge in [-0.25, -0.2) is 9.67 Å². The molecule has 3 rings (SSSR count). The first kappa shape index (κ1) is 13.8. The molecule has 0 spiro atoms. The van der Waals surface area contributed by atoms with Gasteiger partial charge in [-0.1, -0.05) is 29.8 Å². The fourth-order valence-corrected chi connectivity index (χ4v) is 2.75. The van der Waals surface area contributed by atoms with Crippen molar-refractivity contribution in [3.63, 3.8) is 0 Å². The maximum Gasteiger partial charge on any atom is 0.314 e. The van der Waals surface area contributed by atoms with Crippen LogP contribution in [0.2, 0.25) is 0 Å². The molecular formula is C16H19N3O2. The monoisotopic (exact) mass is 285 g/mol. The van der Waals surface area contributed by atoms with Gasteiger partial charge in [0.05, 0.1) is 0 Å². The molecule has 1 aliphatic rings. The summed E-state index contributed by atoms with van der Waals surface area (Å²) in [6.07, 6.45) is 3.13. The molecule has 1 aromatic carbocycles. The van der Waals surface area contributed by atoms with Gasteiger partial charge in [0.2, 0.25) is 0 Å². The summed E-state index contributed by atoms with van der Waals surface area (Å²) in [7, 11) is 0. The molecule has 1 atom stereocenters. The molecule has 0 bridgehead atoms. The number of carboxylic acid groups (broad SMARTS) is 1. The van der Waals surface area contributed by atoms with E-state index in [4.69, 9.17) is 0 Å². The van der Waals surface area contributed by atoms with Crippen LogP contribution in [0, 0.1) is 6.92 Å². The molecule has 5 nitrogen and oxygen atoms in total. The highest BCUT2D eigenvalue weighted by molar-refractivity contribution is 5.75. The second kappa shape index (κ2) is 5.68. The Bertz CT molecular complexity index is 646. The minimum absolute atomic E-state index is 0.501. The van der Waals surface area contributed by atoms with Crippen LogP contribution in [0.25, 0.3) is 0 Å². The molecular weight excluding hydrogens is 266 g/mol. The number of hydrogen-bond donors (Lipinski definition) is 1. The minimum Gasteiger partial charge on any atom is -0.481 e. The van der Waals surface area contributed by atoms with Crippen LogP contribution >= 0.6 is 0 Å². The molecule has 1 aromatic heterocycles. The number of carbonyl (C=O) groups is 1. The highest BCUT2D eigenvalue weighted by Crippen LogP contribution is 2.25. The smallest absolute Gasteiger partial charge is 0.314 e. The lowest BCUT2D eigenvalue weighted by Gasteiger charge is -2.17. The van der Waals surface area contributed by atoms with Crippen molar-refractivity contribution < 1.29 is 9.90 Å². The van der Waals surface area contributed by atoms with Crippen molar-refractivity contribution in [2.24, 2.45) is 0 Å². The lowest BCUT2D eigenvalue weighted by molar-refractivity contribution is -0.139. The van der Waals surface area contributed by atoms with Crippen molar-refractivity contribution in [2.75, 3.05) is 0 Å². The van der Waals surface area contributed by atoms with Gasteiger partial charge in [0, 0.05) is 13.0 Å². The molecule has 5 heteroatoms. The molecule has 1 aliphatic heterocycles. The van der Waals surface area contributed by atoms with Crippen LogP contribution in [0.4, 0.5) is 0 Å². The highest BCUT2D eigenvalue weighted by Gasteiger charge is 2.29. The van der Waals surface area contributed by atoms with E-state index in [1.807, 2.05) is 0 Å². The van der Waals surface area contributed by atoms with E-state index in [0.717, 1.165) is 31.6 Å². The van der Waals surface area contributed by atoms with E-state index in [1.54, 1.807) is 4.68 Å². The Morgan fingerprint density at radius 3 is 2.81 bits per heavy atom. The SMILES string of the molecule is Cc1ccc(CCc2nc3n(n2)CCCC3C(=O)O)cc1. The number of fused-ring (bicyclic) bond motifs is 1. The van der Waals surface area contributed by atoms with E-state index in [1.165, 1.54) is 11.1 Å². The van der Waals surface area contributed by atoms with Gasteiger partial charge in [-0.2, -0.15) is 5.10 Å². The molecule has 0 saturated carbocycles. The number of hydrogen-bond acceptors (Lipinski definition) is 3. The van der Waals surface area contributed by atoms with Crippen molar-refractivity contribution in [1.82, 2.24) is 14.8 Å². The number of nitrogens with zero attached hydrogens (tertiary/aromatic N) is 3. The average Bonchev–Trinajstić information content (AvgIpc) is 2.89. The number of benzene rings is 1. The first-order valence-corrected chi connectivity index (χ1v) is 7.35. The largest absolute Gasteiger partial charge is 0.481 e. The van der Waals surface area contributed by atoms with Gasteiger partial charge in [-0.15, -0.1) is 0 Å². The summed E-state index contributed by atoms with van der Waals surface area (Å²) >= 11 is 0. The molecule has 1 unspecified atom stereocenters. The molecule has 0 saturated heterocycles. The Morgan fingerprint density at radius 1 is 1.33 bits per heavy atom. The Balaban J connectivity index is 1.72. The van der Waals surface area contributed by atoms with Crippen LogP contribution in [-0.2, 0) is 24.2 Å². The van der Waals surface area contributed by atoms with Crippen LogP contribution < -0.4 is 0 Å². The van der Waals surface area contributed by atoms with Gasteiger partial charge in [-0.3, -0.25) is 4.79 Å². The minimum atomic E-state index is -0.798. The third-order valence-electron chi connectivity index (χ3n) is 3.97. The van der Waals surface area contributed by atoms with E-state index in [9.17, 15) is 9.90 Å². The summed E-state index contributed by atoms with van der Waals surface area (Å²) in [4.78, 5) is 15.7. The Morgan fingerprint density at radius 2 is 2.10 bits per heavy atom. The Kier molecular flexibility index (Phi) is 3.73. The lowest BCUT2D eigenvalue weighted by atomic mass is 10.00. The summed E-state index contributed by atoms with van der Waals surface area (Å²) in [5.74, 6) is 0.0687. The lowest BCUT2D eigenvalue weighted by Crippen LogP contribution is -2.22. The highest BCUT2D eigenvalue weighted by atomic mass is 16.4. The number of rotatable bonds is 4. The molecule has 0 fully saturated rings. The quantitative estimate of drug-likeness (QED) is 0.936. The van der Waals surface area contributed by atoms with Crippen LogP contribution in [-0.4, -0.2) is 25.8 Å². The number of aryl methyl sites for hydroxylation is 4. The Hall–Kier alpha value is -2.17. The molecule has 21 heavy (non-hydrogen) atoms. The first-order chi connectivity index (χ1) is 10.1. The molecule has 1 N–H and O–H groups in total. The van der Waals surface area contributed by atoms with E-state index >= 15 is 0 Å². The van der Waals surface area contributed by atoms with Crippen LogP contribution in [0.15, 0.2) is 24.3 Å². The summed E-state index contributed by atoms with van der Waals surface area (Å²) in [6.45, 7) is 2.84. The van der Waals surface area contributed by atoms with E-state index in [-0.39, 0.29) is 0 Å². The van der Waals surface area contributed by atoms with Gasteiger partial charge >= 0.3 is 5.97 Å². The fraction of sp³-hybridized carbons (Fsp3) is 0.438. The van der Waals surface area contributed by atoms with Crippen LogP contribution in [0.5, 0.6) is 0 Å². The zero-order valence-electron chi connectivity index (χ0n) is 12.1. The number of aromatic nitrogens is 3. The number of carboxylic acids is 1. The summed E-state index contributed by atoms with van der Waals surface area (Å²) < 4.78 is 1.77. The van der Waals surface area contributed by atoms with Gasteiger partial charge in [-0.05, 0) is 31.7 Å². The molecule has 0 radical (unpaired) electrons. The second-order valence-corrected chi connectivity index (χ2v) is 5.63. The zero-order chi connectivity index (χ0) is 14.8. The van der Waals surface area contributed by atoms with E-state index < -0.39 is 11.9 Å². The molecule has 2 aromatic rings. The van der Waals surface area contributed by atoms with E-state index in [0.29, 0.717) is 12.2 Å². The molecule has 2 heterocycles. The van der Waals surface area contributed by atoms with Crippen molar-refractivity contribution in [3.8, 4) is 0 Å². The maximum atomic E-state index is 11.3. The average molecular weight is 285 g/mol. The van der Waals surface area contributed by atoms with Gasteiger partial charge in [0.25, 0.3) is 0 Å². The third-order valence-corrected chi connectivity index (χ3v) is 3.97. The predicted molar refractivity (Wildman–Crippen MR) is 78.2 cm³/mol. The zero-order valence-corrected chi connectivity index (χ0v) is 12.1. The topological polar surface area (TPSA) is 68.0 Å². The van der Waals surface area contributed by atoms with Crippen LogP contribution in [0.1, 0.15) is 41.5 Å². The normalized spacial score (nSPS) is 17.5. The summed E-state index contributed by atoms with van der Waals surface area (Å²) in [6, 6.07) is 8.43. The number of aliphatic carboxylic acids is 1. The second-order valence-electron chi connectivity index (χ2n) is 5.63. The fourth-order valence-electron chi connectivity index (χ4n) is 2.75. The Labute approximate surface area is 123 Å². The van der Waals surface area contributed by atoms with Crippen LogP contribution in [0.3, 0.4) is 0 Å². The standard InChI is InChI=1S/C16H19N3O2/c1-11-4-6-12(7-5-11)8-9-14-17-15-13(16(20)21)3-2-10-19(15)18-14/h4-7,13H,2-3,8-10H2,1H3,(H,20,21). The van der Waals surface area contributed by atoms with E-state index in [2.05, 4.69) is 41.3 Å². The van der Waals surface area contributed by atoms with Gasteiger partial charge in [0.15, 0.2) is 5.82 Å². The van der Waals surface area contributed by atoms with Crippen molar-refractivity contribution in [2.45, 2.75) is 45.1 Å². The predicted octanol–water partition coefficient (Wildman–Crippen LogP) is 2.33. The molecule has 110 valence electrons. The van der Waals surface area contributed by atoms with Gasteiger partial charge in [0.1, 0.15) is 11.7 Å². The summed E-state index contributed by atoms with van der Waals surface area (Å²) in [5, 5.41) is 13.7. The van der Waals surface area contributed by atoms with Crippen molar-refractivity contribution in [1.29, 1.82) is 0 Å². The van der Waals surface area contributed by atoms with Crippen molar-refractivity contribution >= 4 is 5.97 Å². The first-order valence-electron chi connectivity index (χ1n) is 7.35. The van der Waals surface area contributed by atoms with Crippen molar-refractivity contribution in [3.05, 3.63) is 47.0 Å². The summed E-state index contributed by atoms with van der Waals surface area (Å²) in [5.41, 5.74) is 2.50. The van der Waals surface area contributed by atoms with Gasteiger partial charge < -0.3 is 5.11 Å². The third kappa shape index (κ3) is 2.96. The molecule has 0 amide bonds. The molecule has 0 aliphatic carbocycles. The maximum absolute atomic E-state index is 11.3.